The minimum absolute atomic E-state index is 0.0135. The molecule has 0 atom stereocenters. The van der Waals surface area contributed by atoms with Crippen LogP contribution in [0, 0.1) is 5.92 Å². The van der Waals surface area contributed by atoms with Crippen LogP contribution in [0.3, 0.4) is 0 Å². The highest BCUT2D eigenvalue weighted by Gasteiger charge is 2.26. The van der Waals surface area contributed by atoms with Crippen molar-refractivity contribution in [3.63, 3.8) is 0 Å². The van der Waals surface area contributed by atoms with Gasteiger partial charge in [0.2, 0.25) is 5.91 Å². The van der Waals surface area contributed by atoms with Crippen LogP contribution < -0.4 is 15.0 Å². The van der Waals surface area contributed by atoms with Crippen molar-refractivity contribution in [3.05, 3.63) is 53.7 Å². The monoisotopic (exact) mass is 422 g/mol. The van der Waals surface area contributed by atoms with Crippen molar-refractivity contribution >= 4 is 17.6 Å². The number of methoxy groups -OCH3 is 1. The summed E-state index contributed by atoms with van der Waals surface area (Å²) in [5.74, 6) is 1.76. The van der Waals surface area contributed by atoms with Gasteiger partial charge in [0, 0.05) is 56.0 Å². The number of hydrogen-bond donors (Lipinski definition) is 1. The second-order valence-electron chi connectivity index (χ2n) is 8.19. The quantitative estimate of drug-likeness (QED) is 0.775. The summed E-state index contributed by atoms with van der Waals surface area (Å²) >= 11 is 0. The molecule has 7 heteroatoms. The van der Waals surface area contributed by atoms with Crippen LogP contribution in [0.2, 0.25) is 0 Å². The maximum absolute atomic E-state index is 12.7. The van der Waals surface area contributed by atoms with Crippen LogP contribution >= 0.6 is 0 Å². The van der Waals surface area contributed by atoms with E-state index in [0.717, 1.165) is 69.0 Å². The number of rotatable bonds is 6. The molecule has 2 amide bonds. The lowest BCUT2D eigenvalue weighted by Gasteiger charge is -2.32. The van der Waals surface area contributed by atoms with E-state index in [4.69, 9.17) is 4.74 Å². The number of piperidine rings is 1. The summed E-state index contributed by atoms with van der Waals surface area (Å²) in [4.78, 5) is 33.9. The molecule has 164 valence electrons. The number of nitrogens with zero attached hydrogens (tertiary/aromatic N) is 3. The standard InChI is InChI=1S/C24H30N4O3/c1-31-21-7-3-2-6-20(21)17-26-23(29)18-9-14-27(15-10-18)22-16-19(8-11-25-22)24(30)28-12-4-5-13-28/h2-3,6-8,11,16,18H,4-5,9-10,12-15,17H2,1H3,(H,26,29). The Labute approximate surface area is 183 Å². The number of pyridine rings is 1. The van der Waals surface area contributed by atoms with Gasteiger partial charge >= 0.3 is 0 Å². The zero-order chi connectivity index (χ0) is 21.6. The largest absolute Gasteiger partial charge is 0.496 e. The third-order valence-corrected chi connectivity index (χ3v) is 6.22. The van der Waals surface area contributed by atoms with Crippen molar-refractivity contribution in [2.24, 2.45) is 5.92 Å². The molecular formula is C24H30N4O3. The Kier molecular flexibility index (Phi) is 6.70. The predicted molar refractivity (Wildman–Crippen MR) is 119 cm³/mol. The lowest BCUT2D eigenvalue weighted by atomic mass is 9.95. The number of amides is 2. The molecule has 2 fully saturated rings. The molecule has 0 unspecified atom stereocenters. The first kappa shape index (κ1) is 21.2. The summed E-state index contributed by atoms with van der Waals surface area (Å²) in [6.07, 6.45) is 5.41. The molecule has 0 aliphatic carbocycles. The van der Waals surface area contributed by atoms with Crippen molar-refractivity contribution in [1.29, 1.82) is 0 Å². The van der Waals surface area contributed by atoms with Gasteiger partial charge in [0.1, 0.15) is 11.6 Å². The first-order valence-corrected chi connectivity index (χ1v) is 11.1. The molecule has 0 bridgehead atoms. The highest BCUT2D eigenvalue weighted by Crippen LogP contribution is 2.24. The second kappa shape index (κ2) is 9.81. The SMILES string of the molecule is COc1ccccc1CNC(=O)C1CCN(c2cc(C(=O)N3CCCC3)ccn2)CC1. The third-order valence-electron chi connectivity index (χ3n) is 6.22. The van der Waals surface area contributed by atoms with Crippen molar-refractivity contribution in [2.75, 3.05) is 38.2 Å². The Morgan fingerprint density at radius 1 is 1.10 bits per heavy atom. The highest BCUT2D eigenvalue weighted by molar-refractivity contribution is 5.95. The van der Waals surface area contributed by atoms with Crippen molar-refractivity contribution in [3.8, 4) is 5.75 Å². The van der Waals surface area contributed by atoms with Gasteiger partial charge in [0.05, 0.1) is 7.11 Å². The molecule has 0 radical (unpaired) electrons. The molecule has 2 saturated heterocycles. The van der Waals surface area contributed by atoms with Crippen LogP contribution in [0.25, 0.3) is 0 Å². The van der Waals surface area contributed by atoms with Crippen LogP contribution in [0.5, 0.6) is 5.75 Å². The number of carbonyl (C=O) groups excluding carboxylic acids is 2. The average Bonchev–Trinajstić information content (AvgIpc) is 3.37. The van der Waals surface area contributed by atoms with Gasteiger partial charge in [0.25, 0.3) is 5.91 Å². The smallest absolute Gasteiger partial charge is 0.254 e. The fourth-order valence-corrected chi connectivity index (χ4v) is 4.37. The van der Waals surface area contributed by atoms with E-state index in [1.165, 1.54) is 0 Å². The number of anilines is 1. The molecule has 2 aliphatic heterocycles. The van der Waals surface area contributed by atoms with Gasteiger partial charge in [-0.2, -0.15) is 0 Å². The predicted octanol–water partition coefficient (Wildman–Crippen LogP) is 2.86. The average molecular weight is 423 g/mol. The van der Waals surface area contributed by atoms with E-state index < -0.39 is 0 Å². The van der Waals surface area contributed by atoms with Gasteiger partial charge in [-0.25, -0.2) is 4.98 Å². The fourth-order valence-electron chi connectivity index (χ4n) is 4.37. The normalized spacial score (nSPS) is 16.9. The van der Waals surface area contributed by atoms with Crippen molar-refractivity contribution in [2.45, 2.75) is 32.2 Å². The summed E-state index contributed by atoms with van der Waals surface area (Å²) in [7, 11) is 1.64. The molecule has 4 rings (SSSR count). The number of ether oxygens (including phenoxy) is 1. The molecule has 2 aromatic rings. The summed E-state index contributed by atoms with van der Waals surface area (Å²) in [5, 5.41) is 3.05. The minimum Gasteiger partial charge on any atom is -0.496 e. The van der Waals surface area contributed by atoms with Gasteiger partial charge in [-0.1, -0.05) is 18.2 Å². The van der Waals surface area contributed by atoms with Crippen molar-refractivity contribution < 1.29 is 14.3 Å². The Morgan fingerprint density at radius 2 is 1.84 bits per heavy atom. The second-order valence-corrected chi connectivity index (χ2v) is 8.19. The van der Waals surface area contributed by atoms with E-state index in [0.29, 0.717) is 12.1 Å². The van der Waals surface area contributed by atoms with Gasteiger partial charge in [-0.05, 0) is 43.9 Å². The molecule has 1 N–H and O–H groups in total. The summed E-state index contributed by atoms with van der Waals surface area (Å²) < 4.78 is 5.35. The fraction of sp³-hybridized carbons (Fsp3) is 0.458. The Morgan fingerprint density at radius 3 is 2.58 bits per heavy atom. The maximum atomic E-state index is 12.7. The van der Waals surface area contributed by atoms with Gasteiger partial charge < -0.3 is 19.9 Å². The lowest BCUT2D eigenvalue weighted by molar-refractivity contribution is -0.125. The summed E-state index contributed by atoms with van der Waals surface area (Å²) in [6, 6.07) is 11.4. The number of para-hydroxylation sites is 1. The van der Waals surface area contributed by atoms with E-state index >= 15 is 0 Å². The Balaban J connectivity index is 1.31. The van der Waals surface area contributed by atoms with Crippen LogP contribution in [0.1, 0.15) is 41.6 Å². The Hall–Kier alpha value is -3.09. The summed E-state index contributed by atoms with van der Waals surface area (Å²) in [6.45, 7) is 3.64. The molecule has 2 aliphatic rings. The molecule has 7 nitrogen and oxygen atoms in total. The third kappa shape index (κ3) is 4.98. The number of carbonyl (C=O) groups is 2. The molecule has 0 saturated carbocycles. The van der Waals surface area contributed by atoms with Crippen LogP contribution in [0.4, 0.5) is 5.82 Å². The van der Waals surface area contributed by atoms with Crippen molar-refractivity contribution in [1.82, 2.24) is 15.2 Å². The Bertz CT molecular complexity index is 919. The number of aromatic nitrogens is 1. The van der Waals surface area contributed by atoms with E-state index in [-0.39, 0.29) is 17.7 Å². The van der Waals surface area contributed by atoms with Gasteiger partial charge in [-0.3, -0.25) is 9.59 Å². The van der Waals surface area contributed by atoms with E-state index in [9.17, 15) is 9.59 Å². The molecule has 1 aromatic heterocycles. The van der Waals surface area contributed by atoms with E-state index in [1.807, 2.05) is 35.2 Å². The molecule has 0 spiro atoms. The first-order chi connectivity index (χ1) is 15.2. The number of hydrogen-bond acceptors (Lipinski definition) is 5. The van der Waals surface area contributed by atoms with Crippen LogP contribution in [-0.4, -0.2) is 55.0 Å². The summed E-state index contributed by atoms with van der Waals surface area (Å²) in [5.41, 5.74) is 1.67. The maximum Gasteiger partial charge on any atom is 0.254 e. The van der Waals surface area contributed by atoms with Gasteiger partial charge in [-0.15, -0.1) is 0 Å². The first-order valence-electron chi connectivity index (χ1n) is 11.1. The zero-order valence-corrected chi connectivity index (χ0v) is 18.0. The molecular weight excluding hydrogens is 392 g/mol. The number of likely N-dealkylation sites (tertiary alicyclic amines) is 1. The number of benzene rings is 1. The van der Waals surface area contributed by atoms with E-state index in [1.54, 1.807) is 19.4 Å². The van der Waals surface area contributed by atoms with Crippen LogP contribution in [0.15, 0.2) is 42.6 Å². The van der Waals surface area contributed by atoms with Crippen LogP contribution in [-0.2, 0) is 11.3 Å². The van der Waals surface area contributed by atoms with Gasteiger partial charge in [0.15, 0.2) is 0 Å². The molecule has 1 aromatic carbocycles. The molecule has 31 heavy (non-hydrogen) atoms. The van der Waals surface area contributed by atoms with E-state index in [2.05, 4.69) is 15.2 Å². The highest BCUT2D eigenvalue weighted by atomic mass is 16.5. The topological polar surface area (TPSA) is 74.8 Å². The number of nitrogens with one attached hydrogen (secondary N) is 1. The lowest BCUT2D eigenvalue weighted by Crippen LogP contribution is -2.40. The zero-order valence-electron chi connectivity index (χ0n) is 18.0. The molecule has 3 heterocycles. The minimum atomic E-state index is -0.0135.